The predicted octanol–water partition coefficient (Wildman–Crippen LogP) is 2.85. The van der Waals surface area contributed by atoms with Crippen LogP contribution in [0.5, 0.6) is 0 Å². The lowest BCUT2D eigenvalue weighted by Gasteiger charge is -2.38. The maximum Gasteiger partial charge on any atom is 0.255 e. The molecule has 1 amide bonds. The maximum absolute atomic E-state index is 14.4. The number of rotatable bonds is 3. The van der Waals surface area contributed by atoms with E-state index in [-0.39, 0.29) is 5.91 Å². The van der Waals surface area contributed by atoms with Crippen LogP contribution in [-0.2, 0) is 10.3 Å². The zero-order valence-electron chi connectivity index (χ0n) is 13.7. The number of carbonyl (C=O) groups excluding carboxylic acids is 1. The Kier molecular flexibility index (Phi) is 5.06. The molecule has 1 saturated heterocycles. The van der Waals surface area contributed by atoms with E-state index >= 15 is 0 Å². The summed E-state index contributed by atoms with van der Waals surface area (Å²) in [5.74, 6) is -0.721. The monoisotopic (exact) mass is 363 g/mol. The van der Waals surface area contributed by atoms with Gasteiger partial charge in [-0.15, -0.1) is 0 Å². The number of halogens is 2. The van der Waals surface area contributed by atoms with E-state index in [0.717, 1.165) is 0 Å². The van der Waals surface area contributed by atoms with Crippen LogP contribution in [0.1, 0.15) is 22.8 Å². The fourth-order valence-electron chi connectivity index (χ4n) is 2.84. The molecule has 132 valence electrons. The summed E-state index contributed by atoms with van der Waals surface area (Å²) in [6.45, 7) is 2.69. The van der Waals surface area contributed by atoms with Gasteiger partial charge < -0.3 is 21.1 Å². The molecule has 25 heavy (non-hydrogen) atoms. The summed E-state index contributed by atoms with van der Waals surface area (Å²) in [4.78, 5) is 12.3. The third-order valence-electron chi connectivity index (χ3n) is 4.12. The number of amides is 1. The van der Waals surface area contributed by atoms with Gasteiger partial charge in [0.2, 0.25) is 0 Å². The molecular formula is C18H19ClFN3O2. The number of ether oxygens (including phenoxy) is 1. The van der Waals surface area contributed by atoms with Crippen molar-refractivity contribution in [1.82, 2.24) is 5.32 Å². The first kappa shape index (κ1) is 17.8. The second-order valence-corrected chi connectivity index (χ2v) is 6.61. The van der Waals surface area contributed by atoms with Gasteiger partial charge in [-0.1, -0.05) is 11.6 Å². The Morgan fingerprint density at radius 2 is 2.08 bits per heavy atom. The average molecular weight is 364 g/mol. The van der Waals surface area contributed by atoms with E-state index in [1.54, 1.807) is 37.3 Å². The van der Waals surface area contributed by atoms with Crippen LogP contribution in [0.15, 0.2) is 42.5 Å². The summed E-state index contributed by atoms with van der Waals surface area (Å²) >= 11 is 5.82. The van der Waals surface area contributed by atoms with Gasteiger partial charge in [-0.05, 0) is 49.4 Å². The van der Waals surface area contributed by atoms with Gasteiger partial charge in [0, 0.05) is 34.9 Å². The zero-order chi connectivity index (χ0) is 18.0. The first-order valence-corrected chi connectivity index (χ1v) is 8.26. The second kappa shape index (κ2) is 7.09. The Balaban J connectivity index is 1.84. The van der Waals surface area contributed by atoms with Crippen molar-refractivity contribution in [2.24, 2.45) is 5.73 Å². The van der Waals surface area contributed by atoms with E-state index in [1.807, 2.05) is 0 Å². The molecule has 0 aliphatic carbocycles. The summed E-state index contributed by atoms with van der Waals surface area (Å²) in [7, 11) is 0. The van der Waals surface area contributed by atoms with Crippen molar-refractivity contribution in [1.29, 1.82) is 0 Å². The second-order valence-electron chi connectivity index (χ2n) is 6.17. The minimum Gasteiger partial charge on any atom is -0.350 e. The van der Waals surface area contributed by atoms with E-state index in [2.05, 4.69) is 10.6 Å². The predicted molar refractivity (Wildman–Crippen MR) is 95.1 cm³/mol. The van der Waals surface area contributed by atoms with Crippen molar-refractivity contribution in [3.63, 3.8) is 0 Å². The highest BCUT2D eigenvalue weighted by molar-refractivity contribution is 6.30. The molecule has 1 aliphatic heterocycles. The van der Waals surface area contributed by atoms with Gasteiger partial charge in [-0.3, -0.25) is 4.79 Å². The number of benzene rings is 2. The van der Waals surface area contributed by atoms with Gasteiger partial charge in [0.25, 0.3) is 5.91 Å². The molecule has 0 aromatic heterocycles. The Morgan fingerprint density at radius 1 is 1.36 bits per heavy atom. The topological polar surface area (TPSA) is 76.4 Å². The first-order valence-electron chi connectivity index (χ1n) is 7.88. The average Bonchev–Trinajstić information content (AvgIpc) is 2.57. The van der Waals surface area contributed by atoms with Crippen LogP contribution in [0.2, 0.25) is 5.02 Å². The van der Waals surface area contributed by atoms with Gasteiger partial charge in [-0.2, -0.15) is 0 Å². The molecule has 0 radical (unpaired) electrons. The molecule has 0 saturated carbocycles. The van der Waals surface area contributed by atoms with E-state index in [9.17, 15) is 9.18 Å². The fraction of sp³-hybridized carbons (Fsp3) is 0.278. The molecule has 2 atom stereocenters. The molecular weight excluding hydrogens is 345 g/mol. The van der Waals surface area contributed by atoms with Crippen LogP contribution >= 0.6 is 11.6 Å². The number of nitrogens with one attached hydrogen (secondary N) is 2. The van der Waals surface area contributed by atoms with Crippen molar-refractivity contribution in [3.05, 3.63) is 64.4 Å². The number of hydrogen-bond acceptors (Lipinski definition) is 4. The van der Waals surface area contributed by atoms with Crippen LogP contribution in [0.25, 0.3) is 0 Å². The lowest BCUT2D eigenvalue weighted by Crippen LogP contribution is -2.53. The van der Waals surface area contributed by atoms with E-state index in [4.69, 9.17) is 22.1 Å². The summed E-state index contributed by atoms with van der Waals surface area (Å²) < 4.78 is 20.1. The SMILES string of the molecule is CC1(c2cc(NC(=O)c3ccc(Cl)cc3)ccc2F)CNCC(N)O1. The molecule has 1 heterocycles. The molecule has 3 rings (SSSR count). The van der Waals surface area contributed by atoms with Gasteiger partial charge in [0.1, 0.15) is 17.6 Å². The van der Waals surface area contributed by atoms with Crippen LogP contribution < -0.4 is 16.4 Å². The van der Waals surface area contributed by atoms with Crippen molar-refractivity contribution in [2.75, 3.05) is 18.4 Å². The van der Waals surface area contributed by atoms with Gasteiger partial charge in [0.05, 0.1) is 0 Å². The van der Waals surface area contributed by atoms with Crippen molar-refractivity contribution >= 4 is 23.2 Å². The van der Waals surface area contributed by atoms with Crippen LogP contribution in [0, 0.1) is 5.82 Å². The third-order valence-corrected chi connectivity index (χ3v) is 4.37. The van der Waals surface area contributed by atoms with Crippen LogP contribution in [0.3, 0.4) is 0 Å². The molecule has 2 aromatic carbocycles. The maximum atomic E-state index is 14.4. The molecule has 0 bridgehead atoms. The van der Waals surface area contributed by atoms with Crippen LogP contribution in [0.4, 0.5) is 10.1 Å². The first-order chi connectivity index (χ1) is 11.9. The minimum atomic E-state index is -0.914. The minimum absolute atomic E-state index is 0.307. The summed E-state index contributed by atoms with van der Waals surface area (Å²) in [6, 6.07) is 10.9. The number of anilines is 1. The Bertz CT molecular complexity index is 784. The standard InChI is InChI=1S/C18H19ClFN3O2/c1-18(10-22-9-16(21)25-18)14-8-13(6-7-15(14)20)23-17(24)11-2-4-12(19)5-3-11/h2-8,16,22H,9-10,21H2,1H3,(H,23,24). The molecule has 4 N–H and O–H groups in total. The van der Waals surface area contributed by atoms with E-state index < -0.39 is 17.6 Å². The molecule has 0 spiro atoms. The molecule has 1 fully saturated rings. The highest BCUT2D eigenvalue weighted by Crippen LogP contribution is 2.31. The number of nitrogens with two attached hydrogens (primary N) is 1. The van der Waals surface area contributed by atoms with E-state index in [1.165, 1.54) is 12.1 Å². The molecule has 5 nitrogen and oxygen atoms in total. The highest BCUT2D eigenvalue weighted by Gasteiger charge is 2.35. The van der Waals surface area contributed by atoms with Gasteiger partial charge in [0.15, 0.2) is 0 Å². The lowest BCUT2D eigenvalue weighted by atomic mass is 9.93. The smallest absolute Gasteiger partial charge is 0.255 e. The normalized spacial score (nSPS) is 23.3. The summed E-state index contributed by atoms with van der Waals surface area (Å²) in [5, 5.41) is 6.43. The Hall–Kier alpha value is -1.99. The molecule has 2 unspecified atom stereocenters. The molecule has 2 aromatic rings. The van der Waals surface area contributed by atoms with Gasteiger partial charge >= 0.3 is 0 Å². The number of carbonyl (C=O) groups is 1. The third kappa shape index (κ3) is 3.99. The zero-order valence-corrected chi connectivity index (χ0v) is 14.4. The van der Waals surface area contributed by atoms with Gasteiger partial charge in [-0.25, -0.2) is 4.39 Å². The lowest BCUT2D eigenvalue weighted by molar-refractivity contribution is -0.109. The van der Waals surface area contributed by atoms with Crippen molar-refractivity contribution in [2.45, 2.75) is 18.8 Å². The van der Waals surface area contributed by atoms with Crippen molar-refractivity contribution in [3.8, 4) is 0 Å². The van der Waals surface area contributed by atoms with Crippen LogP contribution in [-0.4, -0.2) is 25.2 Å². The Morgan fingerprint density at radius 3 is 2.76 bits per heavy atom. The van der Waals surface area contributed by atoms with Crippen molar-refractivity contribution < 1.29 is 13.9 Å². The summed E-state index contributed by atoms with van der Waals surface area (Å²) in [6.07, 6.45) is -0.523. The van der Waals surface area contributed by atoms with E-state index in [0.29, 0.717) is 34.9 Å². The number of morpholine rings is 1. The quantitative estimate of drug-likeness (QED) is 0.783. The fourth-order valence-corrected chi connectivity index (χ4v) is 2.97. The summed E-state index contributed by atoms with van der Waals surface area (Å²) in [5.41, 5.74) is 6.17. The molecule has 1 aliphatic rings. The number of hydrogen-bond donors (Lipinski definition) is 3. The molecule has 7 heteroatoms. The Labute approximate surface area is 150 Å². The highest BCUT2D eigenvalue weighted by atomic mass is 35.5. The largest absolute Gasteiger partial charge is 0.350 e.